The van der Waals surface area contributed by atoms with Crippen LogP contribution in [0, 0.1) is 13.8 Å². The van der Waals surface area contributed by atoms with Crippen LogP contribution in [-0.4, -0.2) is 9.78 Å². The molecule has 1 heterocycles. The van der Waals surface area contributed by atoms with Crippen molar-refractivity contribution in [1.82, 2.24) is 9.78 Å². The van der Waals surface area contributed by atoms with E-state index in [0.29, 0.717) is 5.82 Å². The lowest BCUT2D eigenvalue weighted by Crippen LogP contribution is -2.04. The number of aromatic nitrogens is 2. The molecule has 0 saturated carbocycles. The van der Waals surface area contributed by atoms with Gasteiger partial charge in [0.15, 0.2) is 0 Å². The fourth-order valence-electron chi connectivity index (χ4n) is 1.68. The lowest BCUT2D eigenvalue weighted by Gasteiger charge is -2.04. The van der Waals surface area contributed by atoms with Crippen LogP contribution < -0.4 is 5.73 Å². The number of benzene rings is 1. The minimum atomic E-state index is 0.583. The van der Waals surface area contributed by atoms with E-state index in [0.717, 1.165) is 12.2 Å². The smallest absolute Gasteiger partial charge is 0.145 e. The standard InChI is InChI=1S/C12H15N3/c1-9-4-3-5-11(6-9)8-15-10(2)7-12(13)14-15/h3-7H,8H2,1-2H3,(H2,13,14). The first-order valence-electron chi connectivity index (χ1n) is 5.00. The molecule has 2 rings (SSSR count). The summed E-state index contributed by atoms with van der Waals surface area (Å²) >= 11 is 0. The molecule has 0 aliphatic carbocycles. The third-order valence-electron chi connectivity index (χ3n) is 2.41. The summed E-state index contributed by atoms with van der Waals surface area (Å²) in [5, 5.41) is 4.23. The van der Waals surface area contributed by atoms with E-state index < -0.39 is 0 Å². The Labute approximate surface area is 89.5 Å². The summed E-state index contributed by atoms with van der Waals surface area (Å²) in [4.78, 5) is 0. The number of hydrogen-bond donors (Lipinski definition) is 1. The summed E-state index contributed by atoms with van der Waals surface area (Å²) in [6, 6.07) is 10.3. The maximum Gasteiger partial charge on any atom is 0.145 e. The second kappa shape index (κ2) is 3.77. The molecule has 0 atom stereocenters. The van der Waals surface area contributed by atoms with Gasteiger partial charge in [0.25, 0.3) is 0 Å². The average Bonchev–Trinajstić information content (AvgIpc) is 2.45. The number of nitrogens with zero attached hydrogens (tertiary/aromatic N) is 2. The van der Waals surface area contributed by atoms with E-state index in [1.54, 1.807) is 0 Å². The van der Waals surface area contributed by atoms with Gasteiger partial charge in [0.2, 0.25) is 0 Å². The molecule has 0 radical (unpaired) electrons. The van der Waals surface area contributed by atoms with E-state index >= 15 is 0 Å². The van der Waals surface area contributed by atoms with Crippen LogP contribution in [0.1, 0.15) is 16.8 Å². The van der Waals surface area contributed by atoms with Gasteiger partial charge in [-0.15, -0.1) is 0 Å². The summed E-state index contributed by atoms with van der Waals surface area (Å²) in [5.41, 5.74) is 9.24. The maximum atomic E-state index is 5.63. The van der Waals surface area contributed by atoms with Crippen molar-refractivity contribution < 1.29 is 0 Å². The molecular formula is C12H15N3. The Morgan fingerprint density at radius 3 is 2.67 bits per heavy atom. The summed E-state index contributed by atoms with van der Waals surface area (Å²) in [7, 11) is 0. The normalized spacial score (nSPS) is 10.5. The van der Waals surface area contributed by atoms with Crippen LogP contribution in [0.4, 0.5) is 5.82 Å². The van der Waals surface area contributed by atoms with Gasteiger partial charge in [-0.25, -0.2) is 0 Å². The highest BCUT2D eigenvalue weighted by Crippen LogP contribution is 2.09. The minimum absolute atomic E-state index is 0.583. The number of nitrogens with two attached hydrogens (primary N) is 1. The zero-order valence-electron chi connectivity index (χ0n) is 9.07. The molecule has 0 saturated heterocycles. The Morgan fingerprint density at radius 1 is 1.27 bits per heavy atom. The second-order valence-electron chi connectivity index (χ2n) is 3.86. The second-order valence-corrected chi connectivity index (χ2v) is 3.86. The SMILES string of the molecule is Cc1cccc(Cn2nc(N)cc2C)c1. The van der Waals surface area contributed by atoms with E-state index in [-0.39, 0.29) is 0 Å². The average molecular weight is 201 g/mol. The first-order valence-corrected chi connectivity index (χ1v) is 5.00. The highest BCUT2D eigenvalue weighted by Gasteiger charge is 2.01. The molecule has 0 aliphatic rings. The largest absolute Gasteiger partial charge is 0.382 e. The highest BCUT2D eigenvalue weighted by molar-refractivity contribution is 5.30. The Morgan fingerprint density at radius 2 is 2.07 bits per heavy atom. The number of hydrogen-bond acceptors (Lipinski definition) is 2. The number of nitrogen functional groups attached to an aromatic ring is 1. The van der Waals surface area contributed by atoms with Crippen molar-refractivity contribution >= 4 is 5.82 Å². The predicted molar refractivity (Wildman–Crippen MR) is 61.7 cm³/mol. The molecule has 2 aromatic rings. The zero-order chi connectivity index (χ0) is 10.8. The third-order valence-corrected chi connectivity index (χ3v) is 2.41. The van der Waals surface area contributed by atoms with Gasteiger partial charge in [-0.2, -0.15) is 5.10 Å². The monoisotopic (exact) mass is 201 g/mol. The van der Waals surface area contributed by atoms with Crippen molar-refractivity contribution in [1.29, 1.82) is 0 Å². The first kappa shape index (κ1) is 9.77. The van der Waals surface area contributed by atoms with Crippen LogP contribution in [0.5, 0.6) is 0 Å². The number of anilines is 1. The van der Waals surface area contributed by atoms with Gasteiger partial charge >= 0.3 is 0 Å². The van der Waals surface area contributed by atoms with Crippen LogP contribution in [0.2, 0.25) is 0 Å². The van der Waals surface area contributed by atoms with Crippen molar-refractivity contribution in [2.75, 3.05) is 5.73 Å². The van der Waals surface area contributed by atoms with E-state index in [9.17, 15) is 0 Å². The van der Waals surface area contributed by atoms with Crippen molar-refractivity contribution in [3.05, 3.63) is 47.2 Å². The number of aryl methyl sites for hydroxylation is 2. The summed E-state index contributed by atoms with van der Waals surface area (Å²) in [5.74, 6) is 0.583. The molecule has 0 aliphatic heterocycles. The van der Waals surface area contributed by atoms with Gasteiger partial charge in [-0.05, 0) is 19.4 Å². The molecule has 0 spiro atoms. The molecule has 1 aromatic heterocycles. The predicted octanol–water partition coefficient (Wildman–Crippen LogP) is 2.13. The molecule has 2 N–H and O–H groups in total. The van der Waals surface area contributed by atoms with E-state index in [1.807, 2.05) is 17.7 Å². The topological polar surface area (TPSA) is 43.8 Å². The minimum Gasteiger partial charge on any atom is -0.382 e. The van der Waals surface area contributed by atoms with Crippen LogP contribution in [-0.2, 0) is 6.54 Å². The quantitative estimate of drug-likeness (QED) is 0.808. The van der Waals surface area contributed by atoms with Crippen molar-refractivity contribution in [2.24, 2.45) is 0 Å². The fraction of sp³-hybridized carbons (Fsp3) is 0.250. The van der Waals surface area contributed by atoms with E-state index in [4.69, 9.17) is 5.73 Å². The van der Waals surface area contributed by atoms with Crippen LogP contribution in [0.25, 0.3) is 0 Å². The van der Waals surface area contributed by atoms with Gasteiger partial charge < -0.3 is 5.73 Å². The van der Waals surface area contributed by atoms with Gasteiger partial charge in [-0.1, -0.05) is 29.8 Å². The summed E-state index contributed by atoms with van der Waals surface area (Å²) < 4.78 is 1.92. The van der Waals surface area contributed by atoms with Crippen LogP contribution in [0.15, 0.2) is 30.3 Å². The molecule has 0 bridgehead atoms. The van der Waals surface area contributed by atoms with Crippen molar-refractivity contribution in [2.45, 2.75) is 20.4 Å². The Balaban J connectivity index is 2.25. The Hall–Kier alpha value is -1.77. The van der Waals surface area contributed by atoms with E-state index in [1.165, 1.54) is 11.1 Å². The molecule has 3 heteroatoms. The summed E-state index contributed by atoms with van der Waals surface area (Å²) in [6.07, 6.45) is 0. The van der Waals surface area contributed by atoms with E-state index in [2.05, 4.69) is 36.3 Å². The molecule has 3 nitrogen and oxygen atoms in total. The molecule has 1 aromatic carbocycles. The Kier molecular flexibility index (Phi) is 2.46. The maximum absolute atomic E-state index is 5.63. The first-order chi connectivity index (χ1) is 7.15. The molecule has 0 unspecified atom stereocenters. The van der Waals surface area contributed by atoms with Crippen molar-refractivity contribution in [3.8, 4) is 0 Å². The summed E-state index contributed by atoms with van der Waals surface area (Å²) in [6.45, 7) is 4.89. The molecule has 15 heavy (non-hydrogen) atoms. The van der Waals surface area contributed by atoms with Crippen LogP contribution in [0.3, 0.4) is 0 Å². The lowest BCUT2D eigenvalue weighted by molar-refractivity contribution is 0.668. The highest BCUT2D eigenvalue weighted by atomic mass is 15.3. The zero-order valence-corrected chi connectivity index (χ0v) is 9.07. The van der Waals surface area contributed by atoms with Crippen LogP contribution >= 0.6 is 0 Å². The molecule has 78 valence electrons. The van der Waals surface area contributed by atoms with Crippen molar-refractivity contribution in [3.63, 3.8) is 0 Å². The molecule has 0 fully saturated rings. The van der Waals surface area contributed by atoms with Gasteiger partial charge in [0.05, 0.1) is 6.54 Å². The Bertz CT molecular complexity index is 471. The lowest BCUT2D eigenvalue weighted by atomic mass is 10.1. The van der Waals surface area contributed by atoms with Gasteiger partial charge in [0, 0.05) is 11.8 Å². The van der Waals surface area contributed by atoms with Gasteiger partial charge in [-0.3, -0.25) is 4.68 Å². The molecule has 0 amide bonds. The molecular weight excluding hydrogens is 186 g/mol. The fourth-order valence-corrected chi connectivity index (χ4v) is 1.68. The number of rotatable bonds is 2. The third kappa shape index (κ3) is 2.18. The van der Waals surface area contributed by atoms with Gasteiger partial charge in [0.1, 0.15) is 5.82 Å².